The second-order valence-electron chi connectivity index (χ2n) is 10.1. The zero-order valence-electron chi connectivity index (χ0n) is 22.3. The summed E-state index contributed by atoms with van der Waals surface area (Å²) in [4.78, 5) is 33.4. The predicted octanol–water partition coefficient (Wildman–Crippen LogP) is 6.98. The molecule has 1 fully saturated rings. The molecule has 0 spiro atoms. The van der Waals surface area contributed by atoms with Gasteiger partial charge in [0.2, 0.25) is 0 Å². The van der Waals surface area contributed by atoms with E-state index in [1.807, 2.05) is 57.2 Å². The van der Waals surface area contributed by atoms with Crippen molar-refractivity contribution in [1.82, 2.24) is 4.98 Å². The van der Waals surface area contributed by atoms with Crippen molar-refractivity contribution in [2.75, 3.05) is 12.0 Å². The number of hydrogen-bond donors (Lipinski definition) is 1. The van der Waals surface area contributed by atoms with Crippen LogP contribution in [0, 0.1) is 20.8 Å². The highest BCUT2D eigenvalue weighted by molar-refractivity contribution is 7.22. The lowest BCUT2D eigenvalue weighted by Gasteiger charge is -2.23. The van der Waals surface area contributed by atoms with E-state index in [-0.39, 0.29) is 11.3 Å². The zero-order valence-corrected chi connectivity index (χ0v) is 23.1. The minimum Gasteiger partial charge on any atom is -0.507 e. The molecule has 3 aromatic carbocycles. The van der Waals surface area contributed by atoms with E-state index in [9.17, 15) is 14.7 Å². The summed E-state index contributed by atoms with van der Waals surface area (Å²) in [6.07, 6.45) is 0. The number of amides is 1. The number of hydrogen-bond acceptors (Lipinski definition) is 6. The highest BCUT2D eigenvalue weighted by atomic mass is 32.1. The Hall–Kier alpha value is -3.97. The van der Waals surface area contributed by atoms with Crippen LogP contribution in [0.2, 0.25) is 0 Å². The molecule has 0 aliphatic carbocycles. The molecule has 6 nitrogen and oxygen atoms in total. The van der Waals surface area contributed by atoms with E-state index in [0.717, 1.165) is 38.0 Å². The summed E-state index contributed by atoms with van der Waals surface area (Å²) in [6, 6.07) is 16.3. The van der Waals surface area contributed by atoms with Crippen LogP contribution >= 0.6 is 11.3 Å². The number of rotatable bonds is 5. The van der Waals surface area contributed by atoms with Crippen molar-refractivity contribution in [2.24, 2.45) is 0 Å². The Bertz CT molecular complexity index is 1620. The zero-order chi connectivity index (χ0) is 27.3. The highest BCUT2D eigenvalue weighted by Gasteiger charge is 2.48. The number of aliphatic hydroxyl groups is 1. The van der Waals surface area contributed by atoms with E-state index in [2.05, 4.69) is 13.8 Å². The lowest BCUT2D eigenvalue weighted by atomic mass is 9.93. The SMILES string of the molecule is COc1ccc(C(O)=C2C(=O)C(=O)N(c3nc4c(C)cc(C)cc4s3)[C@@H]2c2ccc(C(C)C)cc2)cc1C. The van der Waals surface area contributed by atoms with Gasteiger partial charge in [-0.2, -0.15) is 0 Å². The van der Waals surface area contributed by atoms with Gasteiger partial charge in [-0.3, -0.25) is 14.5 Å². The third-order valence-electron chi connectivity index (χ3n) is 7.06. The topological polar surface area (TPSA) is 79.7 Å². The molecule has 1 atom stereocenters. The van der Waals surface area contributed by atoms with Gasteiger partial charge in [0.05, 0.1) is 28.9 Å². The summed E-state index contributed by atoms with van der Waals surface area (Å²) >= 11 is 1.37. The Morgan fingerprint density at radius 3 is 2.34 bits per heavy atom. The standard InChI is InChI=1S/C31H30N2O4S/c1-16(2)20-7-9-21(10-8-20)27-25(28(34)22-11-12-23(37-6)18(4)15-22)29(35)30(36)33(27)31-32-26-19(5)13-17(3)14-24(26)38-31/h7-16,27,34H,1-6H3/t27-/m1/s1. The first-order valence-electron chi connectivity index (χ1n) is 12.5. The van der Waals surface area contributed by atoms with Gasteiger partial charge in [-0.05, 0) is 78.8 Å². The molecule has 1 saturated heterocycles. The molecule has 7 heteroatoms. The number of Topliss-reactive ketones (excluding diaryl/α,β-unsaturated/α-hetero) is 1. The van der Waals surface area contributed by atoms with Gasteiger partial charge in [0.1, 0.15) is 11.5 Å². The van der Waals surface area contributed by atoms with Crippen LogP contribution in [0.25, 0.3) is 16.0 Å². The number of aromatic nitrogens is 1. The molecular formula is C31H30N2O4S. The summed E-state index contributed by atoms with van der Waals surface area (Å²) < 4.78 is 6.30. The van der Waals surface area contributed by atoms with Crippen molar-refractivity contribution in [2.45, 2.75) is 46.6 Å². The highest BCUT2D eigenvalue weighted by Crippen LogP contribution is 2.45. The quantitative estimate of drug-likeness (QED) is 0.172. The molecule has 1 amide bonds. The number of thiazole rings is 1. The molecule has 0 radical (unpaired) electrons. The molecule has 1 aromatic heterocycles. The summed E-state index contributed by atoms with van der Waals surface area (Å²) in [5, 5.41) is 11.9. The maximum absolute atomic E-state index is 13.6. The number of carbonyl (C=O) groups excluding carboxylic acids is 2. The van der Waals surface area contributed by atoms with Gasteiger partial charge in [0.15, 0.2) is 5.13 Å². The van der Waals surface area contributed by atoms with Crippen LogP contribution in [0.3, 0.4) is 0 Å². The third kappa shape index (κ3) is 4.27. The van der Waals surface area contributed by atoms with E-state index in [1.165, 1.54) is 16.2 Å². The molecule has 0 saturated carbocycles. The molecule has 4 aromatic rings. The Morgan fingerprint density at radius 1 is 1.00 bits per heavy atom. The van der Waals surface area contributed by atoms with Crippen molar-refractivity contribution in [3.63, 3.8) is 0 Å². The number of benzene rings is 3. The summed E-state index contributed by atoms with van der Waals surface area (Å²) in [6.45, 7) is 10.1. The lowest BCUT2D eigenvalue weighted by Crippen LogP contribution is -2.29. The minimum atomic E-state index is -0.819. The van der Waals surface area contributed by atoms with E-state index >= 15 is 0 Å². The molecule has 2 heterocycles. The smallest absolute Gasteiger partial charge is 0.301 e. The second-order valence-corrected chi connectivity index (χ2v) is 11.1. The van der Waals surface area contributed by atoms with Crippen molar-refractivity contribution < 1.29 is 19.4 Å². The van der Waals surface area contributed by atoms with E-state index in [4.69, 9.17) is 9.72 Å². The molecule has 0 unspecified atom stereocenters. The number of anilines is 1. The fraction of sp³-hybridized carbons (Fsp3) is 0.258. The van der Waals surface area contributed by atoms with Crippen LogP contribution in [-0.4, -0.2) is 28.9 Å². The van der Waals surface area contributed by atoms with Crippen molar-refractivity contribution in [3.05, 3.63) is 93.6 Å². The van der Waals surface area contributed by atoms with Crippen LogP contribution in [0.5, 0.6) is 5.75 Å². The first kappa shape index (κ1) is 25.7. The Kier molecular flexibility index (Phi) is 6.57. The van der Waals surface area contributed by atoms with Gasteiger partial charge in [-0.15, -0.1) is 0 Å². The monoisotopic (exact) mass is 526 g/mol. The van der Waals surface area contributed by atoms with Gasteiger partial charge in [-0.25, -0.2) is 4.98 Å². The summed E-state index contributed by atoms with van der Waals surface area (Å²) in [5.41, 5.74) is 6.08. The average Bonchev–Trinajstić information content (AvgIpc) is 3.42. The molecule has 1 N–H and O–H groups in total. The van der Waals surface area contributed by atoms with Crippen LogP contribution in [0.1, 0.15) is 59.2 Å². The first-order chi connectivity index (χ1) is 18.1. The first-order valence-corrected chi connectivity index (χ1v) is 13.4. The minimum absolute atomic E-state index is 0.0454. The molecule has 0 bridgehead atoms. The Labute approximate surface area is 226 Å². The number of fused-ring (bicyclic) bond motifs is 1. The van der Waals surface area contributed by atoms with Crippen LogP contribution in [0.15, 0.2) is 60.2 Å². The van der Waals surface area contributed by atoms with Crippen molar-refractivity contribution in [1.29, 1.82) is 0 Å². The molecular weight excluding hydrogens is 496 g/mol. The molecule has 1 aliphatic rings. The third-order valence-corrected chi connectivity index (χ3v) is 8.06. The van der Waals surface area contributed by atoms with Crippen molar-refractivity contribution >= 4 is 44.1 Å². The molecule has 194 valence electrons. The predicted molar refractivity (Wildman–Crippen MR) is 152 cm³/mol. The number of ether oxygens (including phenoxy) is 1. The van der Waals surface area contributed by atoms with E-state index < -0.39 is 17.7 Å². The van der Waals surface area contributed by atoms with Gasteiger partial charge in [0, 0.05) is 5.56 Å². The van der Waals surface area contributed by atoms with Gasteiger partial charge in [0.25, 0.3) is 5.78 Å². The number of nitrogens with zero attached hydrogens (tertiary/aromatic N) is 2. The van der Waals surface area contributed by atoms with Gasteiger partial charge in [-0.1, -0.05) is 55.5 Å². The average molecular weight is 527 g/mol. The summed E-state index contributed by atoms with van der Waals surface area (Å²) in [5.74, 6) is -0.664. The molecule has 5 rings (SSSR count). The van der Waals surface area contributed by atoms with Gasteiger partial charge < -0.3 is 9.84 Å². The normalized spacial score (nSPS) is 17.1. The Balaban J connectivity index is 1.73. The number of ketones is 1. The maximum Gasteiger partial charge on any atom is 0.301 e. The fourth-order valence-electron chi connectivity index (χ4n) is 5.05. The number of methoxy groups -OCH3 is 1. The number of aryl methyl sites for hydroxylation is 3. The van der Waals surface area contributed by atoms with Crippen LogP contribution in [-0.2, 0) is 9.59 Å². The van der Waals surface area contributed by atoms with E-state index in [0.29, 0.717) is 22.4 Å². The molecule has 38 heavy (non-hydrogen) atoms. The van der Waals surface area contributed by atoms with Crippen LogP contribution in [0.4, 0.5) is 5.13 Å². The van der Waals surface area contributed by atoms with Crippen molar-refractivity contribution in [3.8, 4) is 5.75 Å². The van der Waals surface area contributed by atoms with Gasteiger partial charge >= 0.3 is 5.91 Å². The van der Waals surface area contributed by atoms with Crippen LogP contribution < -0.4 is 9.64 Å². The molecule has 1 aliphatic heterocycles. The largest absolute Gasteiger partial charge is 0.507 e. The maximum atomic E-state index is 13.6. The Morgan fingerprint density at radius 2 is 1.71 bits per heavy atom. The second kappa shape index (κ2) is 9.72. The number of aliphatic hydroxyl groups excluding tert-OH is 1. The van der Waals surface area contributed by atoms with E-state index in [1.54, 1.807) is 25.3 Å². The number of carbonyl (C=O) groups is 2. The summed E-state index contributed by atoms with van der Waals surface area (Å²) in [7, 11) is 1.58. The fourth-order valence-corrected chi connectivity index (χ4v) is 6.22. The lowest BCUT2D eigenvalue weighted by molar-refractivity contribution is -0.132.